The Labute approximate surface area is 211 Å². The summed E-state index contributed by atoms with van der Waals surface area (Å²) in [5.41, 5.74) is -3.02. The summed E-state index contributed by atoms with van der Waals surface area (Å²) in [5, 5.41) is 11.6. The van der Waals surface area contributed by atoms with E-state index in [1.54, 1.807) is 19.9 Å². The molecule has 0 bridgehead atoms. The molecule has 4 rings (SSSR count). The van der Waals surface area contributed by atoms with Crippen LogP contribution in [0.4, 0.5) is 4.39 Å². The number of rotatable bonds is 6. The third-order valence-corrected chi connectivity index (χ3v) is 9.65. The van der Waals surface area contributed by atoms with Crippen molar-refractivity contribution in [3.63, 3.8) is 0 Å². The van der Waals surface area contributed by atoms with Gasteiger partial charge in [-0.05, 0) is 48.8 Å². The zero-order valence-corrected chi connectivity index (χ0v) is 21.7. The summed E-state index contributed by atoms with van der Waals surface area (Å²) in [6.07, 6.45) is 3.18. The van der Waals surface area contributed by atoms with Crippen LogP contribution in [0.5, 0.6) is 0 Å². The molecule has 9 atom stereocenters. The lowest BCUT2D eigenvalue weighted by atomic mass is 9.46. The Balaban J connectivity index is 1.78. The smallest absolute Gasteiger partial charge is 0.306 e. The number of aliphatic hydroxyl groups excluding tert-OH is 1. The second-order valence-corrected chi connectivity index (χ2v) is 11.4. The zero-order chi connectivity index (χ0) is 26.6. The second kappa shape index (κ2) is 9.19. The van der Waals surface area contributed by atoms with E-state index >= 15 is 4.39 Å². The van der Waals surface area contributed by atoms with Crippen molar-refractivity contribution >= 4 is 23.5 Å². The summed E-state index contributed by atoms with van der Waals surface area (Å²) in [6, 6.07) is 0. The monoisotopic (exact) mass is 504 g/mol. The largest absolute Gasteiger partial charge is 0.457 e. The van der Waals surface area contributed by atoms with Crippen LogP contribution in [0.1, 0.15) is 66.7 Å². The number of hydrogen-bond donors (Lipinski definition) is 1. The maximum absolute atomic E-state index is 15.6. The topological polar surface area (TPSA) is 107 Å². The van der Waals surface area contributed by atoms with E-state index in [-0.39, 0.29) is 49.2 Å². The Hall–Kier alpha value is -2.35. The van der Waals surface area contributed by atoms with Crippen LogP contribution in [-0.4, -0.2) is 53.1 Å². The van der Waals surface area contributed by atoms with Gasteiger partial charge in [0.2, 0.25) is 5.78 Å². The zero-order valence-electron chi connectivity index (χ0n) is 21.7. The van der Waals surface area contributed by atoms with Crippen LogP contribution in [0.15, 0.2) is 23.8 Å². The number of Topliss-reactive ketones (excluding diaryl/α,β-unsaturated/α-hetero) is 1. The van der Waals surface area contributed by atoms with Crippen molar-refractivity contribution in [1.29, 1.82) is 0 Å². The van der Waals surface area contributed by atoms with Crippen LogP contribution in [-0.2, 0) is 28.7 Å². The average Bonchev–Trinajstić information content (AvgIpc) is 3.05. The molecule has 0 spiro atoms. The summed E-state index contributed by atoms with van der Waals surface area (Å²) >= 11 is 0. The van der Waals surface area contributed by atoms with E-state index in [1.165, 1.54) is 12.2 Å². The molecular weight excluding hydrogens is 467 g/mol. The van der Waals surface area contributed by atoms with Crippen molar-refractivity contribution in [2.75, 3.05) is 6.61 Å². The molecule has 0 aromatic rings. The maximum Gasteiger partial charge on any atom is 0.306 e. The highest BCUT2D eigenvalue weighted by Gasteiger charge is 2.73. The van der Waals surface area contributed by atoms with Crippen molar-refractivity contribution in [2.45, 2.75) is 84.6 Å². The van der Waals surface area contributed by atoms with Gasteiger partial charge in [-0.15, -0.1) is 0 Å². The molecule has 4 aliphatic rings. The molecule has 198 valence electrons. The van der Waals surface area contributed by atoms with Crippen LogP contribution >= 0.6 is 0 Å². The molecule has 1 unspecified atom stereocenters. The Bertz CT molecular complexity index is 1030. The SMILES string of the molecule is CCC(=O)OCC(=O)[C@@]1(OC(=O)CC)[C@@H](C)C[C@H]2[C@@H]3C[C@H](F)C4=CC(=O)C=C[C@]4(C)[C@H]3C(O)C[C@@]21C. The Morgan fingerprint density at radius 2 is 1.81 bits per heavy atom. The van der Waals surface area contributed by atoms with Gasteiger partial charge in [0.1, 0.15) is 6.17 Å². The standard InChI is InChI=1S/C28H37FO7/c1-6-23(33)35-14-22(32)28(36-24(34)7-2)15(3)10-18-17-12-20(29)19-11-16(30)8-9-26(19,4)25(17)21(31)13-27(18,28)5/h8-9,11,15,17-18,20-21,25,31H,6-7,10,12-14H2,1-5H3/t15-,17-,18-,20-,21?,25+,26-,27-,28-/m0/s1. The molecule has 3 fully saturated rings. The van der Waals surface area contributed by atoms with Gasteiger partial charge in [0, 0.05) is 35.5 Å². The average molecular weight is 505 g/mol. The predicted molar refractivity (Wildman–Crippen MR) is 128 cm³/mol. The molecule has 4 aliphatic carbocycles. The highest BCUT2D eigenvalue weighted by Crippen LogP contribution is 2.69. The fourth-order valence-electron chi connectivity index (χ4n) is 8.13. The predicted octanol–water partition coefficient (Wildman–Crippen LogP) is 3.67. The molecule has 1 N–H and O–H groups in total. The summed E-state index contributed by atoms with van der Waals surface area (Å²) < 4.78 is 26.8. The lowest BCUT2D eigenvalue weighted by Crippen LogP contribution is -2.65. The van der Waals surface area contributed by atoms with Gasteiger partial charge < -0.3 is 14.6 Å². The third kappa shape index (κ3) is 3.70. The number of aliphatic hydroxyl groups is 1. The highest BCUT2D eigenvalue weighted by atomic mass is 19.1. The van der Waals surface area contributed by atoms with Gasteiger partial charge in [0.15, 0.2) is 18.0 Å². The summed E-state index contributed by atoms with van der Waals surface area (Å²) in [5.74, 6) is -3.14. The normalized spacial score (nSPS) is 43.1. The molecule has 7 nitrogen and oxygen atoms in total. The lowest BCUT2D eigenvalue weighted by Gasteiger charge is -2.60. The summed E-state index contributed by atoms with van der Waals surface area (Å²) in [6.45, 7) is 8.30. The van der Waals surface area contributed by atoms with Crippen LogP contribution < -0.4 is 0 Å². The number of carbonyl (C=O) groups excluding carboxylic acids is 4. The molecule has 0 heterocycles. The number of esters is 2. The number of hydrogen-bond acceptors (Lipinski definition) is 7. The minimum atomic E-state index is -1.61. The first-order valence-electron chi connectivity index (χ1n) is 13.0. The molecule has 0 radical (unpaired) electrons. The number of carbonyl (C=O) groups is 4. The maximum atomic E-state index is 15.6. The molecule has 3 saturated carbocycles. The molecule has 0 amide bonds. The first-order chi connectivity index (χ1) is 16.9. The Morgan fingerprint density at radius 3 is 2.44 bits per heavy atom. The second-order valence-electron chi connectivity index (χ2n) is 11.4. The number of halogens is 1. The van der Waals surface area contributed by atoms with Gasteiger partial charge in [-0.2, -0.15) is 0 Å². The number of fused-ring (bicyclic) bond motifs is 5. The van der Waals surface area contributed by atoms with E-state index in [4.69, 9.17) is 9.47 Å². The number of ketones is 2. The van der Waals surface area contributed by atoms with E-state index < -0.39 is 59.0 Å². The van der Waals surface area contributed by atoms with Crippen molar-refractivity contribution in [2.24, 2.45) is 34.5 Å². The number of allylic oxidation sites excluding steroid dienone is 4. The van der Waals surface area contributed by atoms with Gasteiger partial charge in [-0.25, -0.2) is 4.39 Å². The Kier molecular flexibility index (Phi) is 6.82. The molecule has 0 aliphatic heterocycles. The van der Waals surface area contributed by atoms with Gasteiger partial charge in [0.25, 0.3) is 0 Å². The third-order valence-electron chi connectivity index (χ3n) is 9.65. The van der Waals surface area contributed by atoms with Gasteiger partial charge in [0.05, 0.1) is 6.10 Å². The van der Waals surface area contributed by atoms with E-state index in [9.17, 15) is 24.3 Å². The lowest BCUT2D eigenvalue weighted by molar-refractivity contribution is -0.207. The minimum Gasteiger partial charge on any atom is -0.457 e. The van der Waals surface area contributed by atoms with Crippen LogP contribution in [0.3, 0.4) is 0 Å². The highest BCUT2D eigenvalue weighted by molar-refractivity contribution is 6.01. The molecule has 0 aromatic heterocycles. The van der Waals surface area contributed by atoms with E-state index in [1.807, 2.05) is 20.8 Å². The molecule has 8 heteroatoms. The molecule has 36 heavy (non-hydrogen) atoms. The number of ether oxygens (including phenoxy) is 2. The Morgan fingerprint density at radius 1 is 1.14 bits per heavy atom. The summed E-state index contributed by atoms with van der Waals surface area (Å²) in [7, 11) is 0. The van der Waals surface area contributed by atoms with E-state index in [2.05, 4.69) is 0 Å². The fraction of sp³-hybridized carbons (Fsp3) is 0.714. The fourth-order valence-corrected chi connectivity index (χ4v) is 8.13. The van der Waals surface area contributed by atoms with Gasteiger partial charge in [-0.1, -0.05) is 40.7 Å². The quantitative estimate of drug-likeness (QED) is 0.550. The minimum absolute atomic E-state index is 0.0590. The van der Waals surface area contributed by atoms with Crippen molar-refractivity contribution in [3.05, 3.63) is 23.8 Å². The van der Waals surface area contributed by atoms with Crippen LogP contribution in [0.2, 0.25) is 0 Å². The molecule has 0 saturated heterocycles. The van der Waals surface area contributed by atoms with Crippen molar-refractivity contribution in [1.82, 2.24) is 0 Å². The van der Waals surface area contributed by atoms with Crippen molar-refractivity contribution < 1.29 is 38.1 Å². The molecule has 0 aromatic carbocycles. The van der Waals surface area contributed by atoms with Crippen LogP contribution in [0, 0.1) is 34.5 Å². The first kappa shape index (κ1) is 26.7. The summed E-state index contributed by atoms with van der Waals surface area (Å²) in [4.78, 5) is 50.3. The van der Waals surface area contributed by atoms with E-state index in [0.717, 1.165) is 0 Å². The van der Waals surface area contributed by atoms with E-state index in [0.29, 0.717) is 12.0 Å². The molecular formula is C28H37FO7. The number of alkyl halides is 1. The van der Waals surface area contributed by atoms with Crippen molar-refractivity contribution in [3.8, 4) is 0 Å². The van der Waals surface area contributed by atoms with Gasteiger partial charge >= 0.3 is 11.9 Å². The van der Waals surface area contributed by atoms with Gasteiger partial charge in [-0.3, -0.25) is 19.2 Å². The first-order valence-corrected chi connectivity index (χ1v) is 13.0. The van der Waals surface area contributed by atoms with Crippen LogP contribution in [0.25, 0.3) is 0 Å².